The molecule has 0 atom stereocenters. The summed E-state index contributed by atoms with van der Waals surface area (Å²) < 4.78 is 39.9. The Labute approximate surface area is 731 Å². The lowest BCUT2D eigenvalue weighted by atomic mass is 9.79. The Hall–Kier alpha value is -11.0. The highest BCUT2D eigenvalue weighted by atomic mass is 32.2. The fourth-order valence-corrected chi connectivity index (χ4v) is 20.2. The zero-order chi connectivity index (χ0) is 86.0. The fraction of sp³-hybridized carbons (Fsp3) is 0.474. The van der Waals surface area contributed by atoms with Crippen molar-refractivity contribution < 1.29 is 22.7 Å². The van der Waals surface area contributed by atoms with Gasteiger partial charge in [0.15, 0.2) is 0 Å². The number of aromatic nitrogens is 12. The summed E-state index contributed by atoms with van der Waals surface area (Å²) in [5.74, 6) is 5.11. The lowest BCUT2D eigenvalue weighted by Crippen LogP contribution is -2.43. The summed E-state index contributed by atoms with van der Waals surface area (Å²) in [6.45, 7) is 22.8. The molecule has 12 heterocycles. The summed E-state index contributed by atoms with van der Waals surface area (Å²) in [5, 5.41) is 13.0. The minimum absolute atomic E-state index is 0.0348. The van der Waals surface area contributed by atoms with Gasteiger partial charge < -0.3 is 81.5 Å². The van der Waals surface area contributed by atoms with E-state index in [2.05, 4.69) is 178 Å². The Morgan fingerprint density at radius 2 is 0.760 bits per heavy atom. The second-order valence-corrected chi connectivity index (χ2v) is 38.4. The van der Waals surface area contributed by atoms with Crippen molar-refractivity contribution >= 4 is 89.4 Å². The number of nitrogens with one attached hydrogen (secondary N) is 4. The van der Waals surface area contributed by atoms with Gasteiger partial charge in [0.25, 0.3) is 0 Å². The van der Waals surface area contributed by atoms with Crippen LogP contribution < -0.4 is 43.6 Å². The van der Waals surface area contributed by atoms with Crippen LogP contribution in [-0.2, 0) is 45.7 Å². The maximum Gasteiger partial charge on any atom is 0.407 e. The molecule has 0 bridgehead atoms. The second kappa shape index (κ2) is 37.3. The molecule has 9 aliphatic rings. The molecule has 5 aliphatic carbocycles. The first kappa shape index (κ1) is 84.8. The molecule has 12 N–H and O–H groups in total. The zero-order valence-corrected chi connectivity index (χ0v) is 73.3. The van der Waals surface area contributed by atoms with Gasteiger partial charge in [-0.3, -0.25) is 4.79 Å². The Balaban J connectivity index is 0.000000113. The van der Waals surface area contributed by atoms with E-state index in [-0.39, 0.29) is 12.5 Å². The Morgan fingerprint density at radius 1 is 0.424 bits per heavy atom. The number of sulfonamides is 1. The topological polar surface area (TPSA) is 366 Å². The van der Waals surface area contributed by atoms with E-state index in [4.69, 9.17) is 27.7 Å². The van der Waals surface area contributed by atoms with Crippen molar-refractivity contribution in [3.05, 3.63) is 169 Å². The molecule has 4 saturated heterocycles. The van der Waals surface area contributed by atoms with Gasteiger partial charge in [0.2, 0.25) is 15.9 Å². The Bertz CT molecular complexity index is 5980. The van der Waals surface area contributed by atoms with Crippen LogP contribution in [0, 0.1) is 30.6 Å². The van der Waals surface area contributed by atoms with Gasteiger partial charge in [-0.1, -0.05) is 78.7 Å². The van der Waals surface area contributed by atoms with E-state index in [9.17, 15) is 18.0 Å². The summed E-state index contributed by atoms with van der Waals surface area (Å²) in [5.41, 5.74) is 42.8. The van der Waals surface area contributed by atoms with E-state index in [1.807, 2.05) is 43.3 Å². The Kier molecular flexibility index (Phi) is 25.3. The van der Waals surface area contributed by atoms with Crippen molar-refractivity contribution in [2.75, 3.05) is 114 Å². The number of nitrogen functional groups attached to an aromatic ring is 4. The normalized spacial score (nSPS) is 21.8. The number of fused-ring (bicyclic) bond motifs is 4. The molecule has 29 nitrogen and oxygen atoms in total. The molecule has 0 unspecified atom stereocenters. The number of likely N-dealkylation sites (tertiary alicyclic amines) is 4. The van der Waals surface area contributed by atoms with Gasteiger partial charge in [0, 0.05) is 137 Å². The van der Waals surface area contributed by atoms with Crippen molar-refractivity contribution in [1.29, 1.82) is 0 Å². The first-order valence-corrected chi connectivity index (χ1v) is 47.2. The van der Waals surface area contributed by atoms with E-state index >= 15 is 0 Å². The number of alkyl carbamates (subject to hydrolysis) is 1. The van der Waals surface area contributed by atoms with Crippen LogP contribution in [0.3, 0.4) is 0 Å². The van der Waals surface area contributed by atoms with Gasteiger partial charge in [0.05, 0.1) is 34.4 Å². The average molecular weight is 1710 g/mol. The van der Waals surface area contributed by atoms with Crippen molar-refractivity contribution in [2.45, 2.75) is 173 Å². The smallest absolute Gasteiger partial charge is 0.407 e. The quantitative estimate of drug-likeness (QED) is 0.0237. The number of carbonyl (C=O) groups excluding carboxylic acids is 2. The molecule has 8 aromatic heterocycles. The third kappa shape index (κ3) is 19.2. The molecule has 21 rings (SSSR count). The van der Waals surface area contributed by atoms with Crippen molar-refractivity contribution in [2.24, 2.45) is 23.7 Å². The van der Waals surface area contributed by atoms with E-state index in [1.54, 1.807) is 25.9 Å². The summed E-state index contributed by atoms with van der Waals surface area (Å²) in [6, 6.07) is 33.8. The number of nitrogens with zero attached hydrogens (tertiary/aromatic N) is 16. The van der Waals surface area contributed by atoms with Crippen LogP contribution in [0.1, 0.15) is 162 Å². The number of rotatable bonds is 27. The van der Waals surface area contributed by atoms with E-state index < -0.39 is 16.1 Å². The summed E-state index contributed by atoms with van der Waals surface area (Å²) >= 11 is 0. The second-order valence-electron chi connectivity index (χ2n) is 36.6. The van der Waals surface area contributed by atoms with Gasteiger partial charge in [0.1, 0.15) is 71.2 Å². The zero-order valence-electron chi connectivity index (χ0n) is 72.5. The number of anilines is 4. The third-order valence-electron chi connectivity index (χ3n) is 27.5. The third-order valence-corrected chi connectivity index (χ3v) is 28.2. The summed E-state index contributed by atoms with van der Waals surface area (Å²) in [4.78, 5) is 68.7. The molecular formula is C95H120N24O5S. The minimum atomic E-state index is -3.27. The number of aryl methyl sites for hydroxylation is 1. The molecule has 12 aromatic rings. The molecule has 0 radical (unpaired) electrons. The number of benzene rings is 4. The van der Waals surface area contributed by atoms with Crippen LogP contribution in [0.2, 0.25) is 0 Å². The molecule has 5 saturated carbocycles. The van der Waals surface area contributed by atoms with E-state index in [1.165, 1.54) is 193 Å². The summed E-state index contributed by atoms with van der Waals surface area (Å²) in [7, 11) is -3.27. The van der Waals surface area contributed by atoms with Gasteiger partial charge in [-0.2, -0.15) is 0 Å². The largest absolute Gasteiger partial charge is 0.450 e. The minimum Gasteiger partial charge on any atom is -0.450 e. The molecule has 656 valence electrons. The molecular weight excluding hydrogens is 1590 g/mol. The first-order valence-electron chi connectivity index (χ1n) is 45.3. The maximum atomic E-state index is 11.7. The van der Waals surface area contributed by atoms with Crippen LogP contribution in [0.4, 0.5) is 28.1 Å². The van der Waals surface area contributed by atoms with Crippen molar-refractivity contribution in [3.8, 4) is 44.5 Å². The predicted molar refractivity (Wildman–Crippen MR) is 493 cm³/mol. The number of carbonyl (C=O) groups is 2. The first-order chi connectivity index (χ1) is 60.7. The lowest BCUT2D eigenvalue weighted by Gasteiger charge is -2.42. The van der Waals surface area contributed by atoms with Crippen LogP contribution in [0.5, 0.6) is 0 Å². The van der Waals surface area contributed by atoms with Gasteiger partial charge in [-0.05, 0) is 249 Å². The maximum absolute atomic E-state index is 11.7. The van der Waals surface area contributed by atoms with E-state index in [0.29, 0.717) is 73.2 Å². The summed E-state index contributed by atoms with van der Waals surface area (Å²) in [6.07, 6.45) is 34.7. The molecule has 0 spiro atoms. The van der Waals surface area contributed by atoms with Gasteiger partial charge >= 0.3 is 6.09 Å². The molecule has 4 aliphatic heterocycles. The molecule has 9 fully saturated rings. The van der Waals surface area contributed by atoms with Crippen LogP contribution >= 0.6 is 0 Å². The predicted octanol–water partition coefficient (Wildman–Crippen LogP) is 13.2. The van der Waals surface area contributed by atoms with Crippen molar-refractivity contribution in [1.82, 2.24) is 98.4 Å². The lowest BCUT2D eigenvalue weighted by molar-refractivity contribution is -0.119. The van der Waals surface area contributed by atoms with Crippen LogP contribution in [0.25, 0.3) is 88.6 Å². The standard InChI is InChI=1S/C25H32N6.C24H30N6O2.C23H30N6O2S.C23H28N6O/c26-24-23-22(19-5-1-4-17(10-19)13-27-20-6-2-7-20)15-31(25(23)29-16-28-24)21-11-18(12-21)14-30-8-3-9-30;1-2-32-24(31)26-12-16-5-3-6-18(9-16)20-14-30(23-21(20)22(25)27-15-28-23)19-10-17(11-19)13-29-7-4-8-29;1-15-6-16(11-27-32(2,30)31)8-18(7-15)20-13-29(23-21(20)22(24)25-14-26-23)19-9-17(10-19)12-28-4-3-5-28;1-15(30)25-11-16-4-2-5-18(8-16)20-13-29(23-21(20)22(24)26-14-27-23)19-9-17(10-19)12-28-6-3-7-28/h1,4-5,10,15-16,18,20-21,27H,2-3,6-9,11-14H2,(H2,26,28,29);3,5-6,9,14-15,17,19H,2,4,7-8,10-13H2,1H3,(H,26,31)(H2,25,27,28);6-8,13-14,17,19,27H,3-5,9-12H2,1-2H3,(H2,24,25,26);2,4-5,8,13-14,17,19H,3,6-7,9-12H2,1H3,(H,25,30)(H2,24,26,27). The number of hydrogen-bond donors (Lipinski definition) is 8. The monoisotopic (exact) mass is 1710 g/mol. The SMILES string of the molecule is CC(=O)NCc1cccc(-c2cn(C3CC(CN4CCC4)C3)c3ncnc(N)c23)c1.CCOC(=O)NCc1cccc(-c2cn(C3CC(CN4CCC4)C3)c3ncnc(N)c23)c1.Cc1cc(CNS(C)(=O)=O)cc(-c2cn(C3CC(CN4CCC4)C3)c3ncnc(N)c23)c1.Nc1ncnc2c1c(-c1cccc(CNC3CCC3)c1)cn2C1CC(CN2CCC2)C1. The van der Waals surface area contributed by atoms with Crippen LogP contribution in [-0.4, -0.2) is 196 Å². The highest BCUT2D eigenvalue weighted by Gasteiger charge is 2.39. The number of nitrogens with two attached hydrogens (primary N) is 4. The average Bonchev–Trinajstić information content (AvgIpc) is 1.62. The Morgan fingerprint density at radius 3 is 1.07 bits per heavy atom. The molecule has 125 heavy (non-hydrogen) atoms. The molecule has 30 heteroatoms. The van der Waals surface area contributed by atoms with E-state index in [0.717, 1.165) is 148 Å². The number of amides is 2. The number of ether oxygens (including phenoxy) is 1. The molecule has 2 amide bonds. The fourth-order valence-electron chi connectivity index (χ4n) is 19.8. The highest BCUT2D eigenvalue weighted by molar-refractivity contribution is 7.88. The van der Waals surface area contributed by atoms with Gasteiger partial charge in [-0.15, -0.1) is 0 Å². The van der Waals surface area contributed by atoms with Crippen LogP contribution in [0.15, 0.2) is 141 Å². The molecule has 4 aromatic carbocycles. The number of hydrogen-bond acceptors (Lipinski definition) is 22. The highest BCUT2D eigenvalue weighted by Crippen LogP contribution is 2.49. The van der Waals surface area contributed by atoms with Crippen molar-refractivity contribution in [3.63, 3.8) is 0 Å². The van der Waals surface area contributed by atoms with Gasteiger partial charge in [-0.25, -0.2) is 57.8 Å².